The number of aliphatic carboxylic acids is 1. The first-order valence-corrected chi connectivity index (χ1v) is 17.0. The summed E-state index contributed by atoms with van der Waals surface area (Å²) in [6.45, 7) is 2.09. The van der Waals surface area contributed by atoms with E-state index >= 15 is 0 Å². The van der Waals surface area contributed by atoms with Gasteiger partial charge < -0.3 is 34.9 Å². The Labute approximate surface area is 278 Å². The lowest BCUT2D eigenvalue weighted by atomic mass is 10.0. The van der Waals surface area contributed by atoms with Crippen molar-refractivity contribution in [3.05, 3.63) is 42.2 Å². The largest absolute Gasteiger partial charge is 0.488 e. The lowest BCUT2D eigenvalue weighted by Crippen LogP contribution is -2.53. The number of hydrogen-bond acceptors (Lipinski definition) is 8. The zero-order chi connectivity index (χ0) is 33.8. The Morgan fingerprint density at radius 2 is 1.94 bits per heavy atom. The van der Waals surface area contributed by atoms with E-state index in [9.17, 15) is 28.7 Å². The van der Waals surface area contributed by atoms with E-state index in [4.69, 9.17) is 14.2 Å². The number of rotatable bonds is 7. The highest BCUT2D eigenvalue weighted by Crippen LogP contribution is 2.45. The Morgan fingerprint density at radius 3 is 2.71 bits per heavy atom. The van der Waals surface area contributed by atoms with Crippen molar-refractivity contribution in [1.29, 1.82) is 0 Å². The van der Waals surface area contributed by atoms with Crippen LogP contribution in [0.4, 0.5) is 9.18 Å². The molecule has 3 N–H and O–H groups in total. The number of nitrogens with zero attached hydrogens (tertiary/aromatic N) is 2. The molecule has 6 rings (SSSR count). The van der Waals surface area contributed by atoms with Crippen molar-refractivity contribution < 1.29 is 42.9 Å². The molecule has 0 radical (unpaired) electrons. The van der Waals surface area contributed by atoms with E-state index in [0.29, 0.717) is 24.8 Å². The molecule has 1 aromatic heterocycles. The van der Waals surface area contributed by atoms with Gasteiger partial charge in [-0.15, -0.1) is 0 Å². The molecule has 2 aromatic rings. The molecule has 0 unspecified atom stereocenters. The van der Waals surface area contributed by atoms with E-state index in [2.05, 4.69) is 15.6 Å². The number of ether oxygens (including phenoxy) is 3. The van der Waals surface area contributed by atoms with Crippen LogP contribution in [0, 0.1) is 11.7 Å². The lowest BCUT2D eigenvalue weighted by Gasteiger charge is -2.27. The fraction of sp³-hybridized carbons (Fsp3) is 0.571. The molecule has 3 fully saturated rings. The summed E-state index contributed by atoms with van der Waals surface area (Å²) < 4.78 is 32.3. The predicted octanol–water partition coefficient (Wildman–Crippen LogP) is 4.64. The van der Waals surface area contributed by atoms with Gasteiger partial charge in [0, 0.05) is 36.3 Å². The monoisotopic (exact) mass is 666 g/mol. The Kier molecular flexibility index (Phi) is 10.0. The second-order valence-electron chi connectivity index (χ2n) is 13.2. The highest BCUT2D eigenvalue weighted by molar-refractivity contribution is 5.95. The van der Waals surface area contributed by atoms with E-state index in [-0.39, 0.29) is 60.9 Å². The van der Waals surface area contributed by atoms with Gasteiger partial charge in [0.25, 0.3) is 0 Å². The molecule has 13 heteroatoms. The number of amides is 3. The molecule has 1 saturated heterocycles. The molecule has 2 aliphatic heterocycles. The normalized spacial score (nSPS) is 28.8. The zero-order valence-corrected chi connectivity index (χ0v) is 27.1. The minimum absolute atomic E-state index is 0.0165. The maximum atomic E-state index is 14.8. The summed E-state index contributed by atoms with van der Waals surface area (Å²) in [7, 11) is 0. The first kappa shape index (κ1) is 33.5. The maximum absolute atomic E-state index is 14.8. The number of alkyl carbamates (subject to hydrolysis) is 1. The fourth-order valence-electron chi connectivity index (χ4n) is 7.16. The first-order chi connectivity index (χ1) is 23.2. The Balaban J connectivity index is 1.26. The Bertz CT molecular complexity index is 1580. The molecule has 2 aliphatic carbocycles. The summed E-state index contributed by atoms with van der Waals surface area (Å²) in [6, 6.07) is 4.50. The number of carboxylic acid groups (broad SMARTS) is 1. The number of para-hydroxylation sites is 1. The van der Waals surface area contributed by atoms with Gasteiger partial charge in [0.05, 0.1) is 13.2 Å². The van der Waals surface area contributed by atoms with Gasteiger partial charge in [0.2, 0.25) is 17.7 Å². The Hall–Kier alpha value is -4.42. The van der Waals surface area contributed by atoms with Crippen LogP contribution < -0.4 is 20.1 Å². The molecule has 258 valence electrons. The van der Waals surface area contributed by atoms with Gasteiger partial charge in [-0.2, -0.15) is 0 Å². The summed E-state index contributed by atoms with van der Waals surface area (Å²) in [6.07, 6.45) is 9.06. The van der Waals surface area contributed by atoms with E-state index in [1.54, 1.807) is 25.1 Å². The van der Waals surface area contributed by atoms with Crippen molar-refractivity contribution in [2.75, 3.05) is 13.2 Å². The van der Waals surface area contributed by atoms with Crippen LogP contribution in [-0.4, -0.2) is 81.8 Å². The van der Waals surface area contributed by atoms with Crippen LogP contribution in [0.2, 0.25) is 0 Å². The first-order valence-electron chi connectivity index (χ1n) is 17.0. The van der Waals surface area contributed by atoms with E-state index in [1.807, 2.05) is 12.2 Å². The van der Waals surface area contributed by atoms with Crippen molar-refractivity contribution in [2.45, 2.75) is 107 Å². The molecule has 0 spiro atoms. The average molecular weight is 667 g/mol. The van der Waals surface area contributed by atoms with Gasteiger partial charge in [-0.3, -0.25) is 9.59 Å². The minimum atomic E-state index is -1.44. The average Bonchev–Trinajstić information content (AvgIpc) is 3.33. The maximum Gasteiger partial charge on any atom is 0.407 e. The highest BCUT2D eigenvalue weighted by atomic mass is 19.1. The Morgan fingerprint density at radius 1 is 1.15 bits per heavy atom. The predicted molar refractivity (Wildman–Crippen MR) is 172 cm³/mol. The summed E-state index contributed by atoms with van der Waals surface area (Å²) in [5.41, 5.74) is -1.38. The number of hydrogen-bond donors (Lipinski definition) is 3. The number of allylic oxidation sites excluding steroid dienone is 1. The molecule has 12 nitrogen and oxygen atoms in total. The van der Waals surface area contributed by atoms with Crippen molar-refractivity contribution in [3.8, 4) is 11.6 Å². The summed E-state index contributed by atoms with van der Waals surface area (Å²) in [5.74, 6) is -2.56. The second kappa shape index (κ2) is 14.4. The van der Waals surface area contributed by atoms with Crippen LogP contribution in [0.5, 0.6) is 11.6 Å². The highest BCUT2D eigenvalue weighted by Gasteiger charge is 2.61. The number of nitrogens with one attached hydrogen (secondary N) is 2. The quantitative estimate of drug-likeness (QED) is 0.359. The number of carbonyl (C=O) groups excluding carboxylic acids is 3. The van der Waals surface area contributed by atoms with Gasteiger partial charge in [-0.25, -0.2) is 19.0 Å². The van der Waals surface area contributed by atoms with Crippen LogP contribution in [0.3, 0.4) is 0 Å². The molecule has 1 aromatic carbocycles. The summed E-state index contributed by atoms with van der Waals surface area (Å²) in [4.78, 5) is 58.7. The number of pyridine rings is 1. The molecule has 3 amide bonds. The fourth-order valence-corrected chi connectivity index (χ4v) is 7.16. The number of halogens is 1. The van der Waals surface area contributed by atoms with Gasteiger partial charge in [0.1, 0.15) is 40.9 Å². The van der Waals surface area contributed by atoms with E-state index in [0.717, 1.165) is 38.5 Å². The smallest absolute Gasteiger partial charge is 0.407 e. The van der Waals surface area contributed by atoms with Crippen molar-refractivity contribution >= 4 is 34.8 Å². The van der Waals surface area contributed by atoms with Crippen molar-refractivity contribution in [2.24, 2.45) is 5.92 Å². The number of aromatic nitrogens is 1. The third-order valence-electron chi connectivity index (χ3n) is 9.80. The number of carboxylic acids is 1. The number of carbonyl (C=O) groups is 4. The molecule has 4 aliphatic rings. The van der Waals surface area contributed by atoms with Crippen LogP contribution in [0.15, 0.2) is 36.4 Å². The summed E-state index contributed by atoms with van der Waals surface area (Å²) in [5, 5.41) is 16.2. The van der Waals surface area contributed by atoms with Gasteiger partial charge in [0.15, 0.2) is 0 Å². The molecule has 3 heterocycles. The third-order valence-corrected chi connectivity index (χ3v) is 9.80. The topological polar surface area (TPSA) is 156 Å². The standard InChI is InChI=1S/C35H43FN4O8/c1-2-46-29-18-28(25-14-9-15-26(36)31(25)38-29)47-24-17-27-32(42)39-35(33(43)44)19-21(35)10-5-3-4-6-11-22(16-30(41)40(27)20-24)37-34(45)48-23-12-7-8-13-23/h5,9-10,14-15,18,21-24,27H,2-4,6-8,11-13,16-17,19-20H2,1H3,(H,37,45)(H,39,42)(H,43,44)/b10-5-/t21-,22-,24+,27-,35+/m0/s1. The van der Waals surface area contributed by atoms with Crippen LogP contribution >= 0.6 is 0 Å². The second-order valence-corrected chi connectivity index (χ2v) is 13.2. The van der Waals surface area contributed by atoms with Crippen LogP contribution in [0.1, 0.15) is 77.6 Å². The zero-order valence-electron chi connectivity index (χ0n) is 27.1. The molecule has 0 bridgehead atoms. The van der Waals surface area contributed by atoms with Crippen LogP contribution in [0.25, 0.3) is 10.9 Å². The van der Waals surface area contributed by atoms with Gasteiger partial charge in [-0.05, 0) is 70.4 Å². The van der Waals surface area contributed by atoms with Crippen molar-refractivity contribution in [3.63, 3.8) is 0 Å². The summed E-state index contributed by atoms with van der Waals surface area (Å²) >= 11 is 0. The van der Waals surface area contributed by atoms with Gasteiger partial charge >= 0.3 is 12.1 Å². The molecular weight excluding hydrogens is 623 g/mol. The SMILES string of the molecule is CCOc1cc(O[C@@H]2C[C@H]3C(=O)N[C@]4(C(=O)O)C[C@@H]4/C=C\CCCC[C@H](NC(=O)OC4CCCC4)CC(=O)N3C2)c2cccc(F)c2n1. The van der Waals surface area contributed by atoms with E-state index < -0.39 is 47.5 Å². The molecule has 48 heavy (non-hydrogen) atoms. The van der Waals surface area contributed by atoms with E-state index in [1.165, 1.54) is 11.0 Å². The van der Waals surface area contributed by atoms with Crippen molar-refractivity contribution in [1.82, 2.24) is 20.5 Å². The lowest BCUT2D eigenvalue weighted by molar-refractivity contribution is -0.145. The molecule has 2 saturated carbocycles. The molecular formula is C35H43FN4O8. The van der Waals surface area contributed by atoms with Gasteiger partial charge in [-0.1, -0.05) is 24.6 Å². The third kappa shape index (κ3) is 7.34. The van der Waals surface area contributed by atoms with Crippen LogP contribution in [-0.2, 0) is 19.1 Å². The number of benzene rings is 1. The minimum Gasteiger partial charge on any atom is -0.488 e. The molecule has 5 atom stereocenters. The number of fused-ring (bicyclic) bond motifs is 3.